The summed E-state index contributed by atoms with van der Waals surface area (Å²) in [4.78, 5) is 4.82. The fourth-order valence-corrected chi connectivity index (χ4v) is 3.19. The molecular weight excluding hydrogens is 274 g/mol. The van der Waals surface area contributed by atoms with Crippen molar-refractivity contribution in [3.8, 4) is 0 Å². The molecule has 2 heterocycles. The highest BCUT2D eigenvalue weighted by Crippen LogP contribution is 2.37. The van der Waals surface area contributed by atoms with Gasteiger partial charge in [0, 0.05) is 12.1 Å². The molecule has 1 aromatic carbocycles. The lowest BCUT2D eigenvalue weighted by atomic mass is 9.84. The van der Waals surface area contributed by atoms with E-state index in [2.05, 4.69) is 25.3 Å². The van der Waals surface area contributed by atoms with Crippen molar-refractivity contribution in [2.45, 2.75) is 38.3 Å². The molecule has 20 heavy (non-hydrogen) atoms. The number of hydrogen-bond donors (Lipinski definition) is 1. The summed E-state index contributed by atoms with van der Waals surface area (Å²) in [6.07, 6.45) is 0. The topological polar surface area (TPSA) is 53.1 Å². The Hall–Kier alpha value is -1.10. The molecule has 2 unspecified atom stereocenters. The fourth-order valence-electron chi connectivity index (χ4n) is 2.93. The van der Waals surface area contributed by atoms with E-state index in [1.54, 1.807) is 0 Å². The molecule has 1 aliphatic rings. The smallest absolute Gasteiger partial charge is 0.120 e. The van der Waals surface area contributed by atoms with Gasteiger partial charge >= 0.3 is 0 Å². The maximum Gasteiger partial charge on any atom is 0.120 e. The first kappa shape index (κ1) is 13.9. The number of nitrogens with two attached hydrogens (primary N) is 1. The van der Waals surface area contributed by atoms with Crippen LogP contribution in [0.4, 0.5) is 0 Å². The van der Waals surface area contributed by atoms with Gasteiger partial charge in [0.2, 0.25) is 0 Å². The van der Waals surface area contributed by atoms with Crippen molar-refractivity contribution in [2.24, 2.45) is 5.73 Å². The van der Waals surface area contributed by atoms with Crippen LogP contribution in [-0.4, -0.2) is 28.8 Å². The lowest BCUT2D eigenvalue weighted by molar-refractivity contribution is 0.177. The van der Waals surface area contributed by atoms with Crippen LogP contribution in [0.1, 0.15) is 32.6 Å². The highest BCUT2D eigenvalue weighted by molar-refractivity contribution is 6.35. The summed E-state index contributed by atoms with van der Waals surface area (Å²) in [6.45, 7) is 7.57. The van der Waals surface area contributed by atoms with Crippen molar-refractivity contribution in [3.63, 3.8) is 0 Å². The molecule has 3 rings (SSSR count). The van der Waals surface area contributed by atoms with Gasteiger partial charge in [0.15, 0.2) is 0 Å². The van der Waals surface area contributed by atoms with Crippen molar-refractivity contribution >= 4 is 22.6 Å². The molecule has 5 heteroatoms. The molecule has 2 atom stereocenters. The van der Waals surface area contributed by atoms with E-state index < -0.39 is 0 Å². The van der Waals surface area contributed by atoms with E-state index in [0.717, 1.165) is 21.9 Å². The van der Waals surface area contributed by atoms with Gasteiger partial charge in [0.1, 0.15) is 5.82 Å². The zero-order valence-electron chi connectivity index (χ0n) is 12.1. The number of rotatable bonds is 2. The Kier molecular flexibility index (Phi) is 3.27. The molecule has 0 spiro atoms. The largest absolute Gasteiger partial charge is 0.379 e. The van der Waals surface area contributed by atoms with Gasteiger partial charge in [-0.15, -0.1) is 0 Å². The molecule has 2 aromatic rings. The summed E-state index contributed by atoms with van der Waals surface area (Å²) < 4.78 is 7.78. The standard InChI is InChI=1S/C15H20ClN3O/c1-9(2)19-13-10(16)5-4-6-11(13)18-14(19)15(3)8-20-7-12(15)17/h4-6,9,12H,7-8,17H2,1-3H3. The minimum absolute atomic E-state index is 0.0458. The number of benzene rings is 1. The number of fused-ring (bicyclic) bond motifs is 1. The monoisotopic (exact) mass is 293 g/mol. The minimum Gasteiger partial charge on any atom is -0.379 e. The maximum absolute atomic E-state index is 6.38. The van der Waals surface area contributed by atoms with Gasteiger partial charge < -0.3 is 15.0 Å². The van der Waals surface area contributed by atoms with Gasteiger partial charge in [-0.2, -0.15) is 0 Å². The molecule has 0 bridgehead atoms. The SMILES string of the molecule is CC(C)n1c(C2(C)COCC2N)nc2cccc(Cl)c21. The van der Waals surface area contributed by atoms with E-state index in [0.29, 0.717) is 13.2 Å². The Morgan fingerprint density at radius 2 is 2.25 bits per heavy atom. The van der Waals surface area contributed by atoms with Crippen LogP contribution in [0.3, 0.4) is 0 Å². The van der Waals surface area contributed by atoms with Crippen molar-refractivity contribution < 1.29 is 4.74 Å². The molecule has 1 saturated heterocycles. The molecule has 4 nitrogen and oxygen atoms in total. The third-order valence-electron chi connectivity index (χ3n) is 4.21. The highest BCUT2D eigenvalue weighted by atomic mass is 35.5. The zero-order valence-corrected chi connectivity index (χ0v) is 12.8. The predicted octanol–water partition coefficient (Wildman–Crippen LogP) is 2.89. The number of aromatic nitrogens is 2. The molecule has 1 fully saturated rings. The molecule has 0 aliphatic carbocycles. The van der Waals surface area contributed by atoms with E-state index >= 15 is 0 Å². The van der Waals surface area contributed by atoms with Crippen molar-refractivity contribution in [1.29, 1.82) is 0 Å². The Morgan fingerprint density at radius 1 is 1.50 bits per heavy atom. The minimum atomic E-state index is -0.271. The van der Waals surface area contributed by atoms with Crippen LogP contribution in [0.25, 0.3) is 11.0 Å². The number of imidazole rings is 1. The number of halogens is 1. The average Bonchev–Trinajstić information content (AvgIpc) is 2.93. The van der Waals surface area contributed by atoms with Gasteiger partial charge in [-0.3, -0.25) is 0 Å². The summed E-state index contributed by atoms with van der Waals surface area (Å²) in [7, 11) is 0. The highest BCUT2D eigenvalue weighted by Gasteiger charge is 2.43. The maximum atomic E-state index is 6.38. The summed E-state index contributed by atoms with van der Waals surface area (Å²) in [5.41, 5.74) is 7.90. The second kappa shape index (κ2) is 4.72. The van der Waals surface area contributed by atoms with Gasteiger partial charge in [0.25, 0.3) is 0 Å². The zero-order chi connectivity index (χ0) is 14.5. The van der Waals surface area contributed by atoms with E-state index in [9.17, 15) is 0 Å². The molecule has 0 amide bonds. The number of hydrogen-bond acceptors (Lipinski definition) is 3. The van der Waals surface area contributed by atoms with Crippen molar-refractivity contribution in [3.05, 3.63) is 29.0 Å². The van der Waals surface area contributed by atoms with Gasteiger partial charge in [-0.05, 0) is 32.9 Å². The lowest BCUT2D eigenvalue weighted by Crippen LogP contribution is -2.44. The summed E-state index contributed by atoms with van der Waals surface area (Å²) in [5.74, 6) is 0.973. The molecule has 1 aliphatic heterocycles. The van der Waals surface area contributed by atoms with E-state index in [1.165, 1.54) is 0 Å². The normalized spacial score (nSPS) is 26.8. The van der Waals surface area contributed by atoms with Crippen LogP contribution in [0.5, 0.6) is 0 Å². The number of nitrogens with zero attached hydrogens (tertiary/aromatic N) is 2. The first-order valence-corrected chi connectivity index (χ1v) is 7.33. The Balaban J connectivity index is 2.31. The average molecular weight is 294 g/mol. The van der Waals surface area contributed by atoms with Crippen LogP contribution >= 0.6 is 11.6 Å². The Labute approximate surface area is 123 Å². The number of para-hydroxylation sites is 1. The molecule has 0 radical (unpaired) electrons. The molecule has 0 saturated carbocycles. The second-order valence-electron chi connectivity index (χ2n) is 6.05. The Morgan fingerprint density at radius 3 is 2.85 bits per heavy atom. The van der Waals surface area contributed by atoms with Crippen molar-refractivity contribution in [1.82, 2.24) is 9.55 Å². The Bertz CT molecular complexity index is 652. The van der Waals surface area contributed by atoms with Crippen molar-refractivity contribution in [2.75, 3.05) is 13.2 Å². The van der Waals surface area contributed by atoms with Gasteiger partial charge in [-0.25, -0.2) is 4.98 Å². The van der Waals surface area contributed by atoms with E-state index in [4.69, 9.17) is 27.1 Å². The van der Waals surface area contributed by atoms with E-state index in [-0.39, 0.29) is 17.5 Å². The third kappa shape index (κ3) is 1.86. The summed E-state index contributed by atoms with van der Waals surface area (Å²) in [5, 5.41) is 0.728. The first-order valence-electron chi connectivity index (χ1n) is 6.95. The quantitative estimate of drug-likeness (QED) is 0.926. The summed E-state index contributed by atoms with van der Waals surface area (Å²) >= 11 is 6.38. The molecular formula is C15H20ClN3O. The first-order chi connectivity index (χ1) is 9.45. The van der Waals surface area contributed by atoms with Gasteiger partial charge in [0.05, 0.1) is 34.7 Å². The number of ether oxygens (including phenoxy) is 1. The molecule has 108 valence electrons. The predicted molar refractivity (Wildman–Crippen MR) is 81.3 cm³/mol. The van der Waals surface area contributed by atoms with Crippen LogP contribution < -0.4 is 5.73 Å². The lowest BCUT2D eigenvalue weighted by Gasteiger charge is -2.28. The van der Waals surface area contributed by atoms with E-state index in [1.807, 2.05) is 18.2 Å². The fraction of sp³-hybridized carbons (Fsp3) is 0.533. The van der Waals surface area contributed by atoms with Crippen LogP contribution in [0.2, 0.25) is 5.02 Å². The third-order valence-corrected chi connectivity index (χ3v) is 4.51. The van der Waals surface area contributed by atoms with Gasteiger partial charge in [-0.1, -0.05) is 17.7 Å². The van der Waals surface area contributed by atoms with Crippen LogP contribution in [0, 0.1) is 0 Å². The summed E-state index contributed by atoms with van der Waals surface area (Å²) in [6, 6.07) is 6.05. The van der Waals surface area contributed by atoms with Crippen LogP contribution in [0.15, 0.2) is 18.2 Å². The molecule has 1 aromatic heterocycles. The van der Waals surface area contributed by atoms with Crippen LogP contribution in [-0.2, 0) is 10.2 Å². The molecule has 2 N–H and O–H groups in total. The second-order valence-corrected chi connectivity index (χ2v) is 6.45.